The van der Waals surface area contributed by atoms with E-state index in [2.05, 4.69) is 58.6 Å². The molecule has 2 aromatic rings. The molecule has 1 saturated heterocycles. The molecule has 0 unspecified atom stereocenters. The lowest BCUT2D eigenvalue weighted by atomic mass is 10.0. The van der Waals surface area contributed by atoms with Crippen molar-refractivity contribution in [3.05, 3.63) is 54.1 Å². The normalized spacial score (nSPS) is 16.2. The predicted octanol–water partition coefficient (Wildman–Crippen LogP) is 3.67. The molecular formula is C19H21N3S. The molecule has 0 radical (unpaired) electrons. The quantitative estimate of drug-likeness (QED) is 0.634. The van der Waals surface area contributed by atoms with Gasteiger partial charge in [-0.05, 0) is 47.6 Å². The summed E-state index contributed by atoms with van der Waals surface area (Å²) < 4.78 is 0. The Morgan fingerprint density at radius 3 is 2.43 bits per heavy atom. The summed E-state index contributed by atoms with van der Waals surface area (Å²) in [4.78, 5) is 5.89. The standard InChI is InChI=1S/C19H21N3S/c1-21-9-11-22(12-10-21)14-16-5-7-17(8-6-16)18-3-2-4-19(13-18)23-15-20/h2-8,13H,9-12,14H2,1H3. The summed E-state index contributed by atoms with van der Waals surface area (Å²) in [5, 5.41) is 10.9. The third kappa shape index (κ3) is 4.35. The Hall–Kier alpha value is -1.80. The average molecular weight is 323 g/mol. The number of thioether (sulfide) groups is 1. The highest BCUT2D eigenvalue weighted by Crippen LogP contribution is 2.25. The first kappa shape index (κ1) is 16.1. The summed E-state index contributed by atoms with van der Waals surface area (Å²) in [6.45, 7) is 5.62. The molecule has 1 fully saturated rings. The zero-order valence-corrected chi connectivity index (χ0v) is 14.2. The zero-order valence-electron chi connectivity index (χ0n) is 13.4. The Morgan fingerprint density at radius 2 is 1.74 bits per heavy atom. The van der Waals surface area contributed by atoms with Crippen LogP contribution in [-0.2, 0) is 6.54 Å². The van der Waals surface area contributed by atoms with Crippen molar-refractivity contribution in [3.8, 4) is 16.5 Å². The van der Waals surface area contributed by atoms with E-state index in [9.17, 15) is 0 Å². The van der Waals surface area contributed by atoms with Gasteiger partial charge in [-0.3, -0.25) is 4.90 Å². The van der Waals surface area contributed by atoms with Crippen LogP contribution < -0.4 is 0 Å². The molecule has 1 aliphatic heterocycles. The number of thiocyanates is 1. The van der Waals surface area contributed by atoms with Crippen molar-refractivity contribution in [2.24, 2.45) is 0 Å². The molecule has 0 aliphatic carbocycles. The van der Waals surface area contributed by atoms with Gasteiger partial charge < -0.3 is 4.90 Å². The van der Waals surface area contributed by atoms with E-state index >= 15 is 0 Å². The van der Waals surface area contributed by atoms with Crippen molar-refractivity contribution >= 4 is 11.8 Å². The second-order valence-electron chi connectivity index (χ2n) is 6.00. The van der Waals surface area contributed by atoms with Gasteiger partial charge in [0.25, 0.3) is 0 Å². The number of nitriles is 1. The second kappa shape index (κ2) is 7.65. The number of likely N-dealkylation sites (N-methyl/N-ethyl adjacent to an activating group) is 1. The van der Waals surface area contributed by atoms with E-state index in [1.807, 2.05) is 12.1 Å². The van der Waals surface area contributed by atoms with Crippen LogP contribution in [0.4, 0.5) is 0 Å². The van der Waals surface area contributed by atoms with E-state index < -0.39 is 0 Å². The van der Waals surface area contributed by atoms with Gasteiger partial charge in [-0.2, -0.15) is 5.26 Å². The van der Waals surface area contributed by atoms with E-state index in [1.165, 1.54) is 22.9 Å². The monoisotopic (exact) mass is 323 g/mol. The van der Waals surface area contributed by atoms with Crippen LogP contribution in [0.5, 0.6) is 0 Å². The molecule has 3 nitrogen and oxygen atoms in total. The summed E-state index contributed by atoms with van der Waals surface area (Å²) in [6.07, 6.45) is 0. The van der Waals surface area contributed by atoms with Gasteiger partial charge in [-0.15, -0.1) is 0 Å². The SMILES string of the molecule is CN1CCN(Cc2ccc(-c3cccc(SC#N)c3)cc2)CC1. The molecule has 4 heteroatoms. The molecule has 3 rings (SSSR count). The van der Waals surface area contributed by atoms with Gasteiger partial charge in [0.15, 0.2) is 0 Å². The number of hydrogen-bond donors (Lipinski definition) is 0. The van der Waals surface area contributed by atoms with Crippen LogP contribution in [-0.4, -0.2) is 43.0 Å². The maximum atomic E-state index is 8.79. The Balaban J connectivity index is 1.67. The third-order valence-corrected chi connectivity index (χ3v) is 4.87. The topological polar surface area (TPSA) is 30.3 Å². The van der Waals surface area contributed by atoms with Crippen LogP contribution in [0.3, 0.4) is 0 Å². The fourth-order valence-corrected chi connectivity index (χ4v) is 3.30. The molecule has 0 saturated carbocycles. The summed E-state index contributed by atoms with van der Waals surface area (Å²) in [5.41, 5.74) is 3.73. The van der Waals surface area contributed by atoms with Crippen molar-refractivity contribution in [1.29, 1.82) is 5.26 Å². The van der Waals surface area contributed by atoms with Gasteiger partial charge in [0.1, 0.15) is 5.40 Å². The van der Waals surface area contributed by atoms with Crippen LogP contribution in [0, 0.1) is 10.7 Å². The molecule has 118 valence electrons. The van der Waals surface area contributed by atoms with Crippen molar-refractivity contribution < 1.29 is 0 Å². The van der Waals surface area contributed by atoms with Gasteiger partial charge in [-0.25, -0.2) is 0 Å². The van der Waals surface area contributed by atoms with Gasteiger partial charge >= 0.3 is 0 Å². The Labute approximate surface area is 142 Å². The van der Waals surface area contributed by atoms with Crippen molar-refractivity contribution in [1.82, 2.24) is 9.80 Å². The predicted molar refractivity (Wildman–Crippen MR) is 96.1 cm³/mol. The molecule has 0 amide bonds. The largest absolute Gasteiger partial charge is 0.304 e. The number of piperazine rings is 1. The number of nitrogens with zero attached hydrogens (tertiary/aromatic N) is 3. The van der Waals surface area contributed by atoms with E-state index in [4.69, 9.17) is 5.26 Å². The maximum Gasteiger partial charge on any atom is 0.138 e. The Morgan fingerprint density at radius 1 is 1.00 bits per heavy atom. The number of benzene rings is 2. The highest BCUT2D eigenvalue weighted by atomic mass is 32.2. The fourth-order valence-electron chi connectivity index (χ4n) is 2.86. The Kier molecular flexibility index (Phi) is 5.35. The molecule has 0 atom stereocenters. The number of hydrogen-bond acceptors (Lipinski definition) is 4. The second-order valence-corrected chi connectivity index (χ2v) is 6.86. The fraction of sp³-hybridized carbons (Fsp3) is 0.316. The van der Waals surface area contributed by atoms with Gasteiger partial charge in [-0.1, -0.05) is 36.4 Å². The van der Waals surface area contributed by atoms with Crippen molar-refractivity contribution in [2.45, 2.75) is 11.4 Å². The molecular weight excluding hydrogens is 302 g/mol. The lowest BCUT2D eigenvalue weighted by molar-refractivity contribution is 0.148. The first-order valence-corrected chi connectivity index (χ1v) is 8.72. The molecule has 0 bridgehead atoms. The first-order valence-electron chi connectivity index (χ1n) is 7.91. The average Bonchev–Trinajstić information content (AvgIpc) is 2.58. The minimum atomic E-state index is 0.992. The summed E-state index contributed by atoms with van der Waals surface area (Å²) in [6, 6.07) is 16.9. The van der Waals surface area contributed by atoms with E-state index in [-0.39, 0.29) is 0 Å². The lowest BCUT2D eigenvalue weighted by Gasteiger charge is -2.32. The van der Waals surface area contributed by atoms with Crippen molar-refractivity contribution in [3.63, 3.8) is 0 Å². The smallest absolute Gasteiger partial charge is 0.138 e. The maximum absolute atomic E-state index is 8.79. The molecule has 0 spiro atoms. The number of rotatable bonds is 4. The first-order chi connectivity index (χ1) is 11.2. The highest BCUT2D eigenvalue weighted by molar-refractivity contribution is 8.03. The van der Waals surface area contributed by atoms with E-state index in [0.717, 1.165) is 43.2 Å². The molecule has 0 aromatic heterocycles. The van der Waals surface area contributed by atoms with Crippen LogP contribution in [0.2, 0.25) is 0 Å². The molecule has 1 heterocycles. The minimum absolute atomic E-state index is 0.992. The zero-order chi connectivity index (χ0) is 16.1. The van der Waals surface area contributed by atoms with E-state index in [1.54, 1.807) is 0 Å². The van der Waals surface area contributed by atoms with Gasteiger partial charge in [0.2, 0.25) is 0 Å². The highest BCUT2D eigenvalue weighted by Gasteiger charge is 2.13. The summed E-state index contributed by atoms with van der Waals surface area (Å²) in [5.74, 6) is 0. The molecule has 1 aliphatic rings. The van der Waals surface area contributed by atoms with Crippen LogP contribution in [0.15, 0.2) is 53.4 Å². The third-order valence-electron chi connectivity index (χ3n) is 4.29. The molecule has 23 heavy (non-hydrogen) atoms. The lowest BCUT2D eigenvalue weighted by Crippen LogP contribution is -2.43. The van der Waals surface area contributed by atoms with Crippen LogP contribution in [0.25, 0.3) is 11.1 Å². The summed E-state index contributed by atoms with van der Waals surface area (Å²) >= 11 is 1.21. The van der Waals surface area contributed by atoms with Crippen LogP contribution >= 0.6 is 11.8 Å². The summed E-state index contributed by atoms with van der Waals surface area (Å²) in [7, 11) is 2.19. The minimum Gasteiger partial charge on any atom is -0.304 e. The van der Waals surface area contributed by atoms with Gasteiger partial charge in [0.05, 0.1) is 0 Å². The Bertz CT molecular complexity index is 683. The van der Waals surface area contributed by atoms with Crippen LogP contribution in [0.1, 0.15) is 5.56 Å². The molecule has 0 N–H and O–H groups in total. The van der Waals surface area contributed by atoms with Crippen molar-refractivity contribution in [2.75, 3.05) is 33.2 Å². The van der Waals surface area contributed by atoms with E-state index in [0.29, 0.717) is 0 Å². The van der Waals surface area contributed by atoms with Gasteiger partial charge in [0, 0.05) is 37.6 Å². The molecule has 2 aromatic carbocycles.